The van der Waals surface area contributed by atoms with Gasteiger partial charge >= 0.3 is 0 Å². The van der Waals surface area contributed by atoms with E-state index in [4.69, 9.17) is 4.74 Å². The van der Waals surface area contributed by atoms with Crippen LogP contribution >= 0.6 is 11.8 Å². The van der Waals surface area contributed by atoms with Gasteiger partial charge in [-0.15, -0.1) is 0 Å². The van der Waals surface area contributed by atoms with Gasteiger partial charge in [-0.1, -0.05) is 6.92 Å². The number of carbonyl (C=O) groups is 1. The topological polar surface area (TPSA) is 26.3 Å². The Balaban J connectivity index is 1.80. The molecule has 0 aromatic heterocycles. The molecule has 2 atom stereocenters. The number of hydrogen-bond donors (Lipinski definition) is 0. The fourth-order valence-electron chi connectivity index (χ4n) is 2.46. The number of hydrogen-bond acceptors (Lipinski definition) is 3. The maximum absolute atomic E-state index is 12.0. The first-order valence-corrected chi connectivity index (χ1v) is 7.15. The second-order valence-corrected chi connectivity index (χ2v) is 6.01. The second kappa shape index (κ2) is 5.35. The molecule has 15 heavy (non-hydrogen) atoms. The van der Waals surface area contributed by atoms with Gasteiger partial charge in [-0.2, -0.15) is 11.8 Å². The van der Waals surface area contributed by atoms with Gasteiger partial charge in [0.2, 0.25) is 0 Å². The first kappa shape index (κ1) is 11.5. The molecule has 0 saturated carbocycles. The minimum absolute atomic E-state index is 0.0837. The quantitative estimate of drug-likeness (QED) is 0.742. The van der Waals surface area contributed by atoms with Crippen LogP contribution in [-0.4, -0.2) is 30.0 Å². The van der Waals surface area contributed by atoms with E-state index in [-0.39, 0.29) is 6.10 Å². The minimum Gasteiger partial charge on any atom is -0.370 e. The van der Waals surface area contributed by atoms with Crippen LogP contribution in [0.3, 0.4) is 0 Å². The maximum Gasteiger partial charge on any atom is 0.162 e. The Morgan fingerprint density at radius 3 is 2.67 bits per heavy atom. The largest absolute Gasteiger partial charge is 0.370 e. The molecule has 0 spiro atoms. The Labute approximate surface area is 96.1 Å². The maximum atomic E-state index is 12.0. The lowest BCUT2D eigenvalue weighted by molar-refractivity contribution is -0.130. The number of rotatable bonds is 3. The first-order chi connectivity index (χ1) is 7.27. The Bertz CT molecular complexity index is 224. The third-order valence-electron chi connectivity index (χ3n) is 3.54. The van der Waals surface area contributed by atoms with Gasteiger partial charge < -0.3 is 4.74 Å². The summed E-state index contributed by atoms with van der Waals surface area (Å²) in [5.74, 6) is 3.90. The molecule has 86 valence electrons. The lowest BCUT2D eigenvalue weighted by atomic mass is 9.91. The molecule has 2 heterocycles. The zero-order valence-electron chi connectivity index (χ0n) is 9.41. The number of carbonyl (C=O) groups excluding carboxylic acids is 1. The number of thioether (sulfide) groups is 1. The molecule has 2 fully saturated rings. The van der Waals surface area contributed by atoms with Crippen molar-refractivity contribution in [3.8, 4) is 0 Å². The molecule has 3 heteroatoms. The molecule has 0 aromatic carbocycles. The minimum atomic E-state index is -0.0837. The lowest BCUT2D eigenvalue weighted by Gasteiger charge is -2.22. The fraction of sp³-hybridized carbons (Fsp3) is 0.917. The molecule has 0 amide bonds. The molecule has 0 bridgehead atoms. The summed E-state index contributed by atoms with van der Waals surface area (Å²) >= 11 is 2.02. The van der Waals surface area contributed by atoms with E-state index in [1.807, 2.05) is 11.8 Å². The van der Waals surface area contributed by atoms with E-state index in [1.165, 1.54) is 24.3 Å². The van der Waals surface area contributed by atoms with Crippen molar-refractivity contribution in [2.24, 2.45) is 11.8 Å². The van der Waals surface area contributed by atoms with Crippen molar-refractivity contribution >= 4 is 17.5 Å². The zero-order valence-corrected chi connectivity index (χ0v) is 10.2. The van der Waals surface area contributed by atoms with Gasteiger partial charge in [0.1, 0.15) is 6.10 Å². The Kier molecular flexibility index (Phi) is 4.09. The molecule has 0 N–H and O–H groups in total. The summed E-state index contributed by atoms with van der Waals surface area (Å²) in [6, 6.07) is 0. The lowest BCUT2D eigenvalue weighted by Crippen LogP contribution is -2.28. The van der Waals surface area contributed by atoms with E-state index in [0.717, 1.165) is 19.4 Å². The second-order valence-electron chi connectivity index (χ2n) is 4.78. The molecule has 0 aromatic rings. The standard InChI is InChI=1S/C12H20O2S/c1-9-2-5-14-12(9)11(13)8-10-3-6-15-7-4-10/h9-10,12H,2-8H2,1H3. The fourth-order valence-corrected chi connectivity index (χ4v) is 3.66. The highest BCUT2D eigenvalue weighted by Crippen LogP contribution is 2.28. The molecule has 2 saturated heterocycles. The molecule has 0 aliphatic carbocycles. The van der Waals surface area contributed by atoms with Crippen LogP contribution in [0, 0.1) is 11.8 Å². The SMILES string of the molecule is CC1CCOC1C(=O)CC1CCSCC1. The van der Waals surface area contributed by atoms with Crippen molar-refractivity contribution in [1.29, 1.82) is 0 Å². The third-order valence-corrected chi connectivity index (χ3v) is 4.58. The average molecular weight is 228 g/mol. The zero-order chi connectivity index (χ0) is 10.7. The van der Waals surface area contributed by atoms with Gasteiger partial charge in [0.25, 0.3) is 0 Å². The van der Waals surface area contributed by atoms with Crippen molar-refractivity contribution in [3.63, 3.8) is 0 Å². The summed E-state index contributed by atoms with van der Waals surface area (Å²) in [6.45, 7) is 2.91. The van der Waals surface area contributed by atoms with Crippen LogP contribution < -0.4 is 0 Å². The smallest absolute Gasteiger partial charge is 0.162 e. The van der Waals surface area contributed by atoms with Crippen LogP contribution in [0.5, 0.6) is 0 Å². The van der Waals surface area contributed by atoms with Gasteiger partial charge in [-0.05, 0) is 42.6 Å². The van der Waals surface area contributed by atoms with Gasteiger partial charge in [-0.25, -0.2) is 0 Å². The number of Topliss-reactive ketones (excluding diaryl/α,β-unsaturated/α-hetero) is 1. The van der Waals surface area contributed by atoms with Crippen molar-refractivity contribution in [2.45, 2.75) is 38.7 Å². The molecular formula is C12H20O2S. The van der Waals surface area contributed by atoms with E-state index in [0.29, 0.717) is 17.6 Å². The van der Waals surface area contributed by atoms with Crippen LogP contribution in [0.15, 0.2) is 0 Å². The molecule has 2 rings (SSSR count). The number of ketones is 1. The van der Waals surface area contributed by atoms with Gasteiger partial charge in [0, 0.05) is 13.0 Å². The van der Waals surface area contributed by atoms with Gasteiger partial charge in [-0.3, -0.25) is 4.79 Å². The van der Waals surface area contributed by atoms with E-state index in [2.05, 4.69) is 6.92 Å². The predicted octanol–water partition coefficient (Wildman–Crippen LogP) is 2.51. The number of ether oxygens (including phenoxy) is 1. The monoisotopic (exact) mass is 228 g/mol. The van der Waals surface area contributed by atoms with Gasteiger partial charge in [0.15, 0.2) is 5.78 Å². The van der Waals surface area contributed by atoms with Crippen LogP contribution in [-0.2, 0) is 9.53 Å². The van der Waals surface area contributed by atoms with Crippen LogP contribution in [0.4, 0.5) is 0 Å². The highest BCUT2D eigenvalue weighted by atomic mass is 32.2. The van der Waals surface area contributed by atoms with Crippen LogP contribution in [0.1, 0.15) is 32.6 Å². The van der Waals surface area contributed by atoms with Crippen LogP contribution in [0.25, 0.3) is 0 Å². The summed E-state index contributed by atoms with van der Waals surface area (Å²) in [4.78, 5) is 12.0. The van der Waals surface area contributed by atoms with Crippen molar-refractivity contribution in [3.05, 3.63) is 0 Å². The Morgan fingerprint density at radius 2 is 2.07 bits per heavy atom. The van der Waals surface area contributed by atoms with E-state index in [1.54, 1.807) is 0 Å². The van der Waals surface area contributed by atoms with E-state index >= 15 is 0 Å². The van der Waals surface area contributed by atoms with E-state index in [9.17, 15) is 4.79 Å². The highest BCUT2D eigenvalue weighted by molar-refractivity contribution is 7.99. The van der Waals surface area contributed by atoms with Crippen molar-refractivity contribution in [2.75, 3.05) is 18.1 Å². The molecule has 2 aliphatic rings. The normalized spacial score (nSPS) is 33.1. The summed E-state index contributed by atoms with van der Waals surface area (Å²) in [7, 11) is 0. The summed E-state index contributed by atoms with van der Waals surface area (Å²) in [5, 5.41) is 0. The van der Waals surface area contributed by atoms with Crippen molar-refractivity contribution < 1.29 is 9.53 Å². The predicted molar refractivity (Wildman–Crippen MR) is 63.2 cm³/mol. The third kappa shape index (κ3) is 2.97. The van der Waals surface area contributed by atoms with Crippen molar-refractivity contribution in [1.82, 2.24) is 0 Å². The highest BCUT2D eigenvalue weighted by Gasteiger charge is 2.32. The van der Waals surface area contributed by atoms with Crippen LogP contribution in [0.2, 0.25) is 0 Å². The molecule has 2 aliphatic heterocycles. The van der Waals surface area contributed by atoms with E-state index < -0.39 is 0 Å². The average Bonchev–Trinajstić information content (AvgIpc) is 2.66. The Hall–Kier alpha value is -0.0200. The van der Waals surface area contributed by atoms with Gasteiger partial charge in [0.05, 0.1) is 0 Å². The molecule has 2 nitrogen and oxygen atoms in total. The molecule has 0 radical (unpaired) electrons. The Morgan fingerprint density at radius 1 is 1.33 bits per heavy atom. The summed E-state index contributed by atoms with van der Waals surface area (Å²) in [5.41, 5.74) is 0. The molecule has 2 unspecified atom stereocenters. The molecular weight excluding hydrogens is 208 g/mol. The summed E-state index contributed by atoms with van der Waals surface area (Å²) < 4.78 is 5.51. The first-order valence-electron chi connectivity index (χ1n) is 5.99. The summed E-state index contributed by atoms with van der Waals surface area (Å²) in [6.07, 6.45) is 4.17.